The predicted octanol–water partition coefficient (Wildman–Crippen LogP) is 2.61. The van der Waals surface area contributed by atoms with Gasteiger partial charge in [-0.25, -0.2) is 0 Å². The molecule has 6 heteroatoms. The number of guanidine groups is 1. The molecule has 2 fully saturated rings. The summed E-state index contributed by atoms with van der Waals surface area (Å²) in [5, 5.41) is 7.07. The van der Waals surface area contributed by atoms with Gasteiger partial charge in [-0.05, 0) is 37.8 Å². The van der Waals surface area contributed by atoms with Gasteiger partial charge in [-0.15, -0.1) is 24.0 Å². The molecule has 0 aromatic heterocycles. The molecule has 1 unspecified atom stereocenters. The van der Waals surface area contributed by atoms with Crippen LogP contribution in [0.2, 0.25) is 0 Å². The number of halogens is 1. The molecule has 1 saturated heterocycles. The molecule has 1 aromatic carbocycles. The fourth-order valence-corrected chi connectivity index (χ4v) is 3.83. The Balaban J connectivity index is 0.00000243. The number of methoxy groups -OCH3 is 1. The average molecular weight is 472 g/mol. The summed E-state index contributed by atoms with van der Waals surface area (Å²) < 4.78 is 5.23. The van der Waals surface area contributed by atoms with Gasteiger partial charge in [0, 0.05) is 45.2 Å². The average Bonchev–Trinajstić information content (AvgIpc) is 3.32. The third kappa shape index (κ3) is 5.57. The van der Waals surface area contributed by atoms with E-state index in [-0.39, 0.29) is 24.0 Å². The predicted molar refractivity (Wildman–Crippen MR) is 119 cm³/mol. The van der Waals surface area contributed by atoms with Crippen molar-refractivity contribution in [2.45, 2.75) is 37.1 Å². The Hall–Kier alpha value is -0.860. The lowest BCUT2D eigenvalue weighted by Gasteiger charge is -2.25. The maximum atomic E-state index is 5.23. The van der Waals surface area contributed by atoms with Crippen LogP contribution >= 0.6 is 24.0 Å². The van der Waals surface area contributed by atoms with E-state index in [1.54, 1.807) is 7.11 Å². The van der Waals surface area contributed by atoms with Gasteiger partial charge in [0.25, 0.3) is 0 Å². The quantitative estimate of drug-likeness (QED) is 0.347. The first-order valence-electron chi connectivity index (χ1n) is 9.50. The summed E-state index contributed by atoms with van der Waals surface area (Å²) in [5.74, 6) is 0.917. The molecule has 26 heavy (non-hydrogen) atoms. The van der Waals surface area contributed by atoms with Crippen LogP contribution in [0.1, 0.15) is 31.2 Å². The van der Waals surface area contributed by atoms with Crippen molar-refractivity contribution in [3.8, 4) is 0 Å². The number of ether oxygens (including phenoxy) is 1. The van der Waals surface area contributed by atoms with Crippen molar-refractivity contribution in [1.82, 2.24) is 15.5 Å². The first-order valence-corrected chi connectivity index (χ1v) is 9.50. The second kappa shape index (κ2) is 10.5. The number of aliphatic imine (C=N–C) groups is 1. The lowest BCUT2D eigenvalue weighted by molar-refractivity contribution is 0.141. The highest BCUT2D eigenvalue weighted by atomic mass is 127. The van der Waals surface area contributed by atoms with E-state index >= 15 is 0 Å². The van der Waals surface area contributed by atoms with Crippen molar-refractivity contribution in [3.05, 3.63) is 35.9 Å². The Morgan fingerprint density at radius 2 is 2.04 bits per heavy atom. The van der Waals surface area contributed by atoms with Gasteiger partial charge in [0.2, 0.25) is 0 Å². The molecule has 0 spiro atoms. The van der Waals surface area contributed by atoms with E-state index < -0.39 is 0 Å². The molecular weight excluding hydrogens is 439 g/mol. The molecule has 1 aliphatic heterocycles. The van der Waals surface area contributed by atoms with Crippen LogP contribution in [0, 0.1) is 0 Å². The molecule has 2 N–H and O–H groups in total. The van der Waals surface area contributed by atoms with E-state index in [0.29, 0.717) is 11.5 Å². The number of nitrogens with one attached hydrogen (secondary N) is 2. The summed E-state index contributed by atoms with van der Waals surface area (Å²) in [7, 11) is 3.63. The third-order valence-corrected chi connectivity index (χ3v) is 5.64. The van der Waals surface area contributed by atoms with E-state index in [1.807, 2.05) is 7.05 Å². The molecule has 1 aromatic rings. The largest absolute Gasteiger partial charge is 0.383 e. The SMILES string of the molecule is CN=C(NCC1CCCN1CCOC)NCC1(c2ccccc2)CC1.I. The van der Waals surface area contributed by atoms with Gasteiger partial charge in [0.15, 0.2) is 5.96 Å². The van der Waals surface area contributed by atoms with Crippen molar-refractivity contribution in [3.63, 3.8) is 0 Å². The third-order valence-electron chi connectivity index (χ3n) is 5.64. The molecule has 1 aliphatic carbocycles. The van der Waals surface area contributed by atoms with Gasteiger partial charge >= 0.3 is 0 Å². The number of rotatable bonds is 8. The van der Waals surface area contributed by atoms with Crippen LogP contribution < -0.4 is 10.6 Å². The fraction of sp³-hybridized carbons (Fsp3) is 0.650. The highest BCUT2D eigenvalue weighted by Crippen LogP contribution is 2.47. The van der Waals surface area contributed by atoms with Crippen LogP contribution in [0.4, 0.5) is 0 Å². The van der Waals surface area contributed by atoms with E-state index in [9.17, 15) is 0 Å². The summed E-state index contributed by atoms with van der Waals surface area (Å²) in [6, 6.07) is 11.4. The van der Waals surface area contributed by atoms with Gasteiger partial charge in [-0.1, -0.05) is 30.3 Å². The number of hydrogen-bond donors (Lipinski definition) is 2. The Labute approximate surface area is 175 Å². The molecule has 1 atom stereocenters. The second-order valence-corrected chi connectivity index (χ2v) is 7.28. The molecule has 5 nitrogen and oxygen atoms in total. The van der Waals surface area contributed by atoms with Crippen LogP contribution in [0.3, 0.4) is 0 Å². The van der Waals surface area contributed by atoms with Gasteiger partial charge < -0.3 is 15.4 Å². The maximum Gasteiger partial charge on any atom is 0.191 e. The Bertz CT molecular complexity index is 562. The van der Waals surface area contributed by atoms with Crippen LogP contribution in [0.15, 0.2) is 35.3 Å². The molecule has 0 amide bonds. The monoisotopic (exact) mass is 472 g/mol. The zero-order chi connectivity index (χ0) is 17.5. The lowest BCUT2D eigenvalue weighted by atomic mass is 9.96. The van der Waals surface area contributed by atoms with Crippen LogP contribution in [-0.4, -0.2) is 63.8 Å². The van der Waals surface area contributed by atoms with E-state index in [4.69, 9.17) is 4.74 Å². The normalized spacial score (nSPS) is 21.9. The molecule has 2 aliphatic rings. The van der Waals surface area contributed by atoms with Crippen molar-refractivity contribution >= 4 is 29.9 Å². The van der Waals surface area contributed by atoms with Gasteiger partial charge in [-0.3, -0.25) is 9.89 Å². The van der Waals surface area contributed by atoms with Gasteiger partial charge in [0.1, 0.15) is 0 Å². The molecule has 3 rings (SSSR count). The lowest BCUT2D eigenvalue weighted by Crippen LogP contribution is -2.47. The standard InChI is InChI=1S/C20H32N4O.HI/c1-21-19(22-15-18-9-6-12-24(18)13-14-25-2)23-16-20(10-11-20)17-7-4-3-5-8-17;/h3-5,7-8,18H,6,9-16H2,1-2H3,(H2,21,22,23);1H. The molecule has 0 radical (unpaired) electrons. The van der Waals surface area contributed by atoms with E-state index in [2.05, 4.69) is 50.9 Å². The zero-order valence-electron chi connectivity index (χ0n) is 16.0. The topological polar surface area (TPSA) is 48.9 Å². The van der Waals surface area contributed by atoms with Crippen molar-refractivity contribution in [1.29, 1.82) is 0 Å². The molecular formula is C20H33IN4O. The smallest absolute Gasteiger partial charge is 0.191 e. The summed E-state index contributed by atoms with van der Waals surface area (Å²) in [5.41, 5.74) is 1.75. The summed E-state index contributed by atoms with van der Waals surface area (Å²) >= 11 is 0. The fourth-order valence-electron chi connectivity index (χ4n) is 3.83. The van der Waals surface area contributed by atoms with Crippen molar-refractivity contribution in [2.75, 3.05) is 46.9 Å². The van der Waals surface area contributed by atoms with Gasteiger partial charge in [-0.2, -0.15) is 0 Å². The van der Waals surface area contributed by atoms with Crippen LogP contribution in [0.5, 0.6) is 0 Å². The minimum absolute atomic E-state index is 0. The molecule has 146 valence electrons. The number of likely N-dealkylation sites (tertiary alicyclic amines) is 1. The summed E-state index contributed by atoms with van der Waals surface area (Å²) in [6.07, 6.45) is 5.05. The first kappa shape index (κ1) is 21.4. The van der Waals surface area contributed by atoms with Crippen molar-refractivity contribution < 1.29 is 4.74 Å². The second-order valence-electron chi connectivity index (χ2n) is 7.28. The zero-order valence-corrected chi connectivity index (χ0v) is 18.4. The molecule has 1 saturated carbocycles. The molecule has 0 bridgehead atoms. The van der Waals surface area contributed by atoms with Gasteiger partial charge in [0.05, 0.1) is 6.61 Å². The van der Waals surface area contributed by atoms with Crippen molar-refractivity contribution in [2.24, 2.45) is 4.99 Å². The Morgan fingerprint density at radius 1 is 1.27 bits per heavy atom. The number of nitrogens with zero attached hydrogens (tertiary/aromatic N) is 2. The highest BCUT2D eigenvalue weighted by Gasteiger charge is 2.44. The minimum Gasteiger partial charge on any atom is -0.383 e. The Kier molecular flexibility index (Phi) is 8.63. The summed E-state index contributed by atoms with van der Waals surface area (Å²) in [6.45, 7) is 4.91. The molecule has 1 heterocycles. The highest BCUT2D eigenvalue weighted by molar-refractivity contribution is 14.0. The minimum atomic E-state index is 0. The van der Waals surface area contributed by atoms with Crippen LogP contribution in [-0.2, 0) is 10.2 Å². The van der Waals surface area contributed by atoms with E-state index in [1.165, 1.54) is 37.8 Å². The maximum absolute atomic E-state index is 5.23. The summed E-state index contributed by atoms with van der Waals surface area (Å²) in [4.78, 5) is 6.94. The number of hydrogen-bond acceptors (Lipinski definition) is 3. The Morgan fingerprint density at radius 3 is 2.69 bits per heavy atom. The first-order chi connectivity index (χ1) is 12.3. The number of benzene rings is 1. The van der Waals surface area contributed by atoms with E-state index in [0.717, 1.165) is 32.2 Å². The van der Waals surface area contributed by atoms with Crippen LogP contribution in [0.25, 0.3) is 0 Å².